The average Bonchev–Trinajstić information content (AvgIpc) is 3.18. The first-order chi connectivity index (χ1) is 14.4. The Balaban J connectivity index is 1.58. The molecule has 154 valence electrons. The molecule has 3 aromatic rings. The van der Waals surface area contributed by atoms with E-state index in [4.69, 9.17) is 9.15 Å². The first-order valence-electron chi connectivity index (χ1n) is 9.38. The van der Waals surface area contributed by atoms with Gasteiger partial charge in [0.05, 0.1) is 17.5 Å². The number of esters is 1. The third kappa shape index (κ3) is 5.35. The Kier molecular flexibility index (Phi) is 6.64. The zero-order chi connectivity index (χ0) is 21.5. The Bertz CT molecular complexity index is 1050. The standard InChI is InChI=1S/C23H22N2O5/c1-15-7-9-17(10-8-15)13-24-22(27)19-5-3-4-6-20(19)25-21(26)14-30-23(28)18-11-12-29-16(18)2/h3-12H,13-14H2,1-2H3,(H,24,27)(H,25,26). The van der Waals surface area contributed by atoms with Gasteiger partial charge in [-0.1, -0.05) is 42.0 Å². The molecular formula is C23H22N2O5. The first kappa shape index (κ1) is 20.9. The summed E-state index contributed by atoms with van der Waals surface area (Å²) >= 11 is 0. The van der Waals surface area contributed by atoms with Crippen molar-refractivity contribution in [1.29, 1.82) is 0 Å². The van der Waals surface area contributed by atoms with Crippen LogP contribution < -0.4 is 10.6 Å². The van der Waals surface area contributed by atoms with Crippen LogP contribution in [0, 0.1) is 13.8 Å². The Hall–Kier alpha value is -3.87. The molecule has 1 heterocycles. The second-order valence-electron chi connectivity index (χ2n) is 6.73. The molecule has 0 aliphatic carbocycles. The van der Waals surface area contributed by atoms with Gasteiger partial charge < -0.3 is 19.8 Å². The number of hydrogen-bond donors (Lipinski definition) is 2. The van der Waals surface area contributed by atoms with Crippen LogP contribution in [0.15, 0.2) is 65.3 Å². The van der Waals surface area contributed by atoms with Crippen molar-refractivity contribution in [3.8, 4) is 0 Å². The molecule has 30 heavy (non-hydrogen) atoms. The number of anilines is 1. The number of amides is 2. The van der Waals surface area contributed by atoms with E-state index in [9.17, 15) is 14.4 Å². The van der Waals surface area contributed by atoms with Gasteiger partial charge in [0.1, 0.15) is 11.3 Å². The molecule has 0 aliphatic heterocycles. The number of ether oxygens (including phenoxy) is 1. The topological polar surface area (TPSA) is 97.6 Å². The molecule has 0 bridgehead atoms. The van der Waals surface area contributed by atoms with Gasteiger partial charge in [-0.25, -0.2) is 4.79 Å². The highest BCUT2D eigenvalue weighted by atomic mass is 16.5. The maximum Gasteiger partial charge on any atom is 0.342 e. The summed E-state index contributed by atoms with van der Waals surface area (Å²) in [7, 11) is 0. The van der Waals surface area contributed by atoms with Gasteiger partial charge in [0.15, 0.2) is 6.61 Å². The van der Waals surface area contributed by atoms with Gasteiger partial charge in [0.25, 0.3) is 11.8 Å². The van der Waals surface area contributed by atoms with Crippen molar-refractivity contribution in [2.75, 3.05) is 11.9 Å². The maximum absolute atomic E-state index is 12.6. The van der Waals surface area contributed by atoms with Crippen molar-refractivity contribution in [2.24, 2.45) is 0 Å². The SMILES string of the molecule is Cc1ccc(CNC(=O)c2ccccc2NC(=O)COC(=O)c2ccoc2C)cc1. The fourth-order valence-electron chi connectivity index (χ4n) is 2.77. The summed E-state index contributed by atoms with van der Waals surface area (Å²) in [4.78, 5) is 36.8. The molecule has 7 heteroatoms. The van der Waals surface area contributed by atoms with Crippen LogP contribution in [0.5, 0.6) is 0 Å². The van der Waals surface area contributed by atoms with E-state index in [1.807, 2.05) is 31.2 Å². The van der Waals surface area contributed by atoms with Gasteiger partial charge in [-0.15, -0.1) is 0 Å². The lowest BCUT2D eigenvalue weighted by Gasteiger charge is -2.12. The number of para-hydroxylation sites is 1. The molecule has 0 spiro atoms. The van der Waals surface area contributed by atoms with E-state index in [-0.39, 0.29) is 11.5 Å². The summed E-state index contributed by atoms with van der Waals surface area (Å²) in [6.07, 6.45) is 1.37. The zero-order valence-corrected chi connectivity index (χ0v) is 16.7. The van der Waals surface area contributed by atoms with Gasteiger partial charge >= 0.3 is 5.97 Å². The molecular weight excluding hydrogens is 384 g/mol. The highest BCUT2D eigenvalue weighted by molar-refractivity contribution is 6.04. The van der Waals surface area contributed by atoms with Crippen LogP contribution in [0.25, 0.3) is 0 Å². The summed E-state index contributed by atoms with van der Waals surface area (Å²) in [5.74, 6) is -1.11. The Morgan fingerprint density at radius 2 is 1.67 bits per heavy atom. The lowest BCUT2D eigenvalue weighted by atomic mass is 10.1. The molecule has 0 aliphatic rings. The number of furan rings is 1. The molecule has 0 atom stereocenters. The largest absolute Gasteiger partial charge is 0.469 e. The van der Waals surface area contributed by atoms with Crippen LogP contribution in [-0.4, -0.2) is 24.4 Å². The highest BCUT2D eigenvalue weighted by Gasteiger charge is 2.16. The van der Waals surface area contributed by atoms with E-state index in [2.05, 4.69) is 10.6 Å². The predicted molar refractivity (Wildman–Crippen MR) is 111 cm³/mol. The Morgan fingerprint density at radius 3 is 2.37 bits per heavy atom. The van der Waals surface area contributed by atoms with Crippen molar-refractivity contribution in [3.05, 3.63) is 88.9 Å². The third-order valence-corrected chi connectivity index (χ3v) is 4.43. The van der Waals surface area contributed by atoms with Crippen LogP contribution >= 0.6 is 0 Å². The second-order valence-corrected chi connectivity index (χ2v) is 6.73. The van der Waals surface area contributed by atoms with Crippen LogP contribution in [0.1, 0.15) is 37.6 Å². The van der Waals surface area contributed by atoms with Gasteiger partial charge in [-0.3, -0.25) is 9.59 Å². The molecule has 0 saturated carbocycles. The summed E-state index contributed by atoms with van der Waals surface area (Å²) in [5.41, 5.74) is 3.02. The van der Waals surface area contributed by atoms with Crippen molar-refractivity contribution in [1.82, 2.24) is 5.32 Å². The van der Waals surface area contributed by atoms with Crippen LogP contribution in [0.2, 0.25) is 0 Å². The number of nitrogens with one attached hydrogen (secondary N) is 2. The molecule has 0 fully saturated rings. The lowest BCUT2D eigenvalue weighted by molar-refractivity contribution is -0.119. The number of rotatable bonds is 7. The summed E-state index contributed by atoms with van der Waals surface area (Å²) in [5, 5.41) is 5.45. The Labute approximate surface area is 174 Å². The fourth-order valence-corrected chi connectivity index (χ4v) is 2.77. The van der Waals surface area contributed by atoms with Crippen LogP contribution in [0.4, 0.5) is 5.69 Å². The normalized spacial score (nSPS) is 10.3. The predicted octanol–water partition coefficient (Wildman–Crippen LogP) is 3.62. The molecule has 7 nitrogen and oxygen atoms in total. The zero-order valence-electron chi connectivity index (χ0n) is 16.7. The molecule has 0 saturated heterocycles. The van der Waals surface area contributed by atoms with E-state index < -0.39 is 18.5 Å². The molecule has 0 unspecified atom stereocenters. The molecule has 2 aromatic carbocycles. The van der Waals surface area contributed by atoms with Gasteiger partial charge in [-0.2, -0.15) is 0 Å². The van der Waals surface area contributed by atoms with E-state index >= 15 is 0 Å². The van der Waals surface area contributed by atoms with Crippen molar-refractivity contribution < 1.29 is 23.5 Å². The van der Waals surface area contributed by atoms with Crippen LogP contribution in [-0.2, 0) is 16.1 Å². The number of carbonyl (C=O) groups is 3. The maximum atomic E-state index is 12.6. The van der Waals surface area contributed by atoms with E-state index in [1.165, 1.54) is 12.3 Å². The molecule has 0 radical (unpaired) electrons. The molecule has 2 N–H and O–H groups in total. The second kappa shape index (κ2) is 9.56. The monoisotopic (exact) mass is 406 g/mol. The summed E-state index contributed by atoms with van der Waals surface area (Å²) < 4.78 is 10.1. The number of hydrogen-bond acceptors (Lipinski definition) is 5. The van der Waals surface area contributed by atoms with Crippen molar-refractivity contribution in [3.63, 3.8) is 0 Å². The lowest BCUT2D eigenvalue weighted by Crippen LogP contribution is -2.26. The van der Waals surface area contributed by atoms with Gasteiger partial charge in [0, 0.05) is 6.54 Å². The minimum absolute atomic E-state index is 0.263. The molecule has 3 rings (SSSR count). The van der Waals surface area contributed by atoms with Crippen molar-refractivity contribution in [2.45, 2.75) is 20.4 Å². The van der Waals surface area contributed by atoms with E-state index in [1.54, 1.807) is 31.2 Å². The van der Waals surface area contributed by atoms with Gasteiger partial charge in [0.2, 0.25) is 0 Å². The quantitative estimate of drug-likeness (QED) is 0.584. The summed E-state index contributed by atoms with van der Waals surface area (Å²) in [6.45, 7) is 3.50. The average molecular weight is 406 g/mol. The minimum Gasteiger partial charge on any atom is -0.469 e. The molecule has 2 amide bonds. The highest BCUT2D eigenvalue weighted by Crippen LogP contribution is 2.16. The number of benzene rings is 2. The fraction of sp³-hybridized carbons (Fsp3) is 0.174. The Morgan fingerprint density at radius 1 is 0.933 bits per heavy atom. The smallest absolute Gasteiger partial charge is 0.342 e. The van der Waals surface area contributed by atoms with Crippen LogP contribution in [0.3, 0.4) is 0 Å². The summed E-state index contributed by atoms with van der Waals surface area (Å²) in [6, 6.07) is 15.9. The third-order valence-electron chi connectivity index (χ3n) is 4.43. The molecule has 1 aromatic heterocycles. The first-order valence-corrected chi connectivity index (χ1v) is 9.38. The minimum atomic E-state index is -0.652. The van der Waals surface area contributed by atoms with E-state index in [0.717, 1.165) is 11.1 Å². The number of carbonyl (C=O) groups excluding carboxylic acids is 3. The van der Waals surface area contributed by atoms with Crippen molar-refractivity contribution >= 4 is 23.5 Å². The van der Waals surface area contributed by atoms with Gasteiger partial charge in [-0.05, 0) is 37.6 Å². The van der Waals surface area contributed by atoms with E-state index in [0.29, 0.717) is 23.6 Å². The number of aryl methyl sites for hydroxylation is 2.